The first-order chi connectivity index (χ1) is 42.7. The van der Waals surface area contributed by atoms with Crippen LogP contribution in [0.4, 0.5) is 34.1 Å². The van der Waals surface area contributed by atoms with Crippen LogP contribution in [0.3, 0.4) is 0 Å². The van der Waals surface area contributed by atoms with Crippen LogP contribution in [-0.2, 0) is 10.8 Å². The first kappa shape index (κ1) is 48.8. The molecule has 1 aliphatic carbocycles. The predicted octanol–water partition coefficient (Wildman–Crippen LogP) is 20.7. The number of fused-ring (bicyclic) bond motifs is 23. The zero-order chi connectivity index (χ0) is 57.6. The zero-order valence-electron chi connectivity index (χ0n) is 48.5. The summed E-state index contributed by atoms with van der Waals surface area (Å²) in [5.41, 5.74) is 24.8. The normalized spacial score (nSPS) is 14.9. The molecular formula is C80H55BN2O4. The molecule has 2 aliphatic heterocycles. The van der Waals surface area contributed by atoms with Gasteiger partial charge in [0.05, 0.1) is 22.7 Å². The lowest BCUT2D eigenvalue weighted by molar-refractivity contribution is 0.333. The van der Waals surface area contributed by atoms with Crippen LogP contribution in [0.2, 0.25) is 0 Å². The molecule has 0 saturated carbocycles. The summed E-state index contributed by atoms with van der Waals surface area (Å²) in [5.74, 6) is 0. The highest BCUT2D eigenvalue weighted by Gasteiger charge is 2.51. The van der Waals surface area contributed by atoms with Crippen LogP contribution >= 0.6 is 0 Å². The van der Waals surface area contributed by atoms with E-state index in [4.69, 9.17) is 17.7 Å². The highest BCUT2D eigenvalue weighted by Crippen LogP contribution is 2.58. The smallest absolute Gasteiger partial charge is 0.262 e. The number of rotatable bonds is 5. The van der Waals surface area contributed by atoms with Crippen LogP contribution in [-0.4, -0.2) is 6.71 Å². The summed E-state index contributed by atoms with van der Waals surface area (Å²) in [5, 5.41) is 8.19. The van der Waals surface area contributed by atoms with Crippen molar-refractivity contribution >= 4 is 145 Å². The van der Waals surface area contributed by atoms with Gasteiger partial charge in [0.15, 0.2) is 11.2 Å². The molecule has 0 radical (unpaired) electrons. The van der Waals surface area contributed by atoms with E-state index in [1.54, 1.807) is 0 Å². The van der Waals surface area contributed by atoms with E-state index < -0.39 is 6.71 Å². The van der Waals surface area contributed by atoms with Crippen LogP contribution in [0.25, 0.3) is 121 Å². The topological polar surface area (TPSA) is 59.0 Å². The number of hydrogen-bond acceptors (Lipinski definition) is 6. The SMILES string of the molecule is CC1(C)CCC(C)(C)c2c(-c3cc4c5c(c3)N(c3ccccc3-c3ccccc3)c3c(c6oc7ccccc7c6c6c3oc3ccccc36)B5c3c(c5oc6ccccc6c5c5c3oc3ccccc35)N4c3ccccc3-c3ccccc3)cccc21. The Bertz CT molecular complexity index is 5320. The van der Waals surface area contributed by atoms with E-state index in [-0.39, 0.29) is 10.8 Å². The summed E-state index contributed by atoms with van der Waals surface area (Å²) < 4.78 is 30.6. The molecule has 87 heavy (non-hydrogen) atoms. The van der Waals surface area contributed by atoms with E-state index in [1.807, 2.05) is 0 Å². The van der Waals surface area contributed by atoms with Gasteiger partial charge in [-0.2, -0.15) is 0 Å². The van der Waals surface area contributed by atoms with Crippen LogP contribution in [0.1, 0.15) is 51.7 Å². The quantitative estimate of drug-likeness (QED) is 0.160. The molecule has 4 aromatic heterocycles. The van der Waals surface area contributed by atoms with Gasteiger partial charge >= 0.3 is 0 Å². The van der Waals surface area contributed by atoms with Crippen LogP contribution in [0, 0.1) is 0 Å². The third-order valence-electron chi connectivity index (χ3n) is 19.9. The minimum atomic E-state index is -0.532. The largest absolute Gasteiger partial charge is 0.456 e. The van der Waals surface area contributed by atoms with E-state index in [9.17, 15) is 0 Å². The fourth-order valence-electron chi connectivity index (χ4n) is 16.0. The fraction of sp³-hybridized carbons (Fsp3) is 0.100. The molecule has 0 bridgehead atoms. The molecule has 0 N–H and O–H groups in total. The van der Waals surface area contributed by atoms with E-state index in [0.29, 0.717) is 0 Å². The van der Waals surface area contributed by atoms with Gasteiger partial charge in [-0.1, -0.05) is 216 Å². The Hall–Kier alpha value is -10.5. The molecular weight excluding hydrogens is 1060 g/mol. The minimum Gasteiger partial charge on any atom is -0.456 e. The average Bonchev–Trinajstić information content (AvgIpc) is 1.66. The van der Waals surface area contributed by atoms with Crippen LogP contribution < -0.4 is 26.2 Å². The molecule has 7 heteroatoms. The highest BCUT2D eigenvalue weighted by atomic mass is 16.3. The second kappa shape index (κ2) is 17.6. The third kappa shape index (κ3) is 6.61. The Morgan fingerprint density at radius 3 is 1.15 bits per heavy atom. The van der Waals surface area contributed by atoms with E-state index >= 15 is 0 Å². The Balaban J connectivity index is 1.09. The Labute approximate surface area is 502 Å². The first-order valence-electron chi connectivity index (χ1n) is 30.5. The van der Waals surface area contributed by atoms with Gasteiger partial charge in [0, 0.05) is 76.5 Å². The predicted molar refractivity (Wildman–Crippen MR) is 361 cm³/mol. The van der Waals surface area contributed by atoms with Gasteiger partial charge in [-0.3, -0.25) is 0 Å². The number of nitrogens with zero attached hydrogens (tertiary/aromatic N) is 2. The Morgan fingerprint density at radius 1 is 0.322 bits per heavy atom. The summed E-state index contributed by atoms with van der Waals surface area (Å²) in [6.45, 7) is 9.23. The third-order valence-corrected chi connectivity index (χ3v) is 19.9. The van der Waals surface area contributed by atoms with Gasteiger partial charge in [-0.25, -0.2) is 0 Å². The van der Waals surface area contributed by atoms with Gasteiger partial charge in [0.25, 0.3) is 6.71 Å². The molecule has 12 aromatic carbocycles. The maximum Gasteiger partial charge on any atom is 0.262 e. The number of para-hydroxylation sites is 6. The Kier molecular flexibility index (Phi) is 9.86. The van der Waals surface area contributed by atoms with E-state index in [1.165, 1.54) is 16.7 Å². The minimum absolute atomic E-state index is 0.0384. The van der Waals surface area contributed by atoms with Crippen molar-refractivity contribution < 1.29 is 17.7 Å². The molecule has 19 rings (SSSR count). The molecule has 0 atom stereocenters. The molecule has 6 nitrogen and oxygen atoms in total. The summed E-state index contributed by atoms with van der Waals surface area (Å²) in [6.07, 6.45) is 2.16. The van der Waals surface area contributed by atoms with Crippen molar-refractivity contribution in [3.8, 4) is 33.4 Å². The lowest BCUT2D eigenvalue weighted by Crippen LogP contribution is -2.62. The fourth-order valence-corrected chi connectivity index (χ4v) is 16.0. The maximum atomic E-state index is 7.66. The molecule has 0 unspecified atom stereocenters. The monoisotopic (exact) mass is 1120 g/mol. The second-order valence-electron chi connectivity index (χ2n) is 25.5. The molecule has 412 valence electrons. The van der Waals surface area contributed by atoms with Crippen LogP contribution in [0.15, 0.2) is 254 Å². The van der Waals surface area contributed by atoms with Gasteiger partial charge in [-0.05, 0) is 111 Å². The summed E-state index contributed by atoms with van der Waals surface area (Å²) in [4.78, 5) is 5.11. The van der Waals surface area contributed by atoms with Gasteiger partial charge in [0.2, 0.25) is 0 Å². The van der Waals surface area contributed by atoms with Crippen molar-refractivity contribution in [2.45, 2.75) is 51.4 Å². The second-order valence-corrected chi connectivity index (χ2v) is 25.5. The lowest BCUT2D eigenvalue weighted by atomic mass is 9.33. The van der Waals surface area contributed by atoms with Crippen LogP contribution in [0.5, 0.6) is 0 Å². The van der Waals surface area contributed by atoms with E-state index in [2.05, 4.69) is 274 Å². The van der Waals surface area contributed by atoms with Gasteiger partial charge < -0.3 is 27.5 Å². The maximum absolute atomic E-state index is 7.66. The summed E-state index contributed by atoms with van der Waals surface area (Å²) in [7, 11) is 0. The molecule has 6 heterocycles. The summed E-state index contributed by atoms with van der Waals surface area (Å²) in [6, 6.07) is 85.8. The number of hydrogen-bond donors (Lipinski definition) is 0. The van der Waals surface area contributed by atoms with Gasteiger partial charge in [-0.15, -0.1) is 0 Å². The zero-order valence-corrected chi connectivity index (χ0v) is 48.5. The highest BCUT2D eigenvalue weighted by molar-refractivity contribution is 7.03. The molecule has 0 amide bonds. The number of anilines is 6. The number of benzene rings is 12. The summed E-state index contributed by atoms with van der Waals surface area (Å²) >= 11 is 0. The molecule has 3 aliphatic rings. The van der Waals surface area contributed by atoms with Crippen molar-refractivity contribution in [1.82, 2.24) is 0 Å². The van der Waals surface area contributed by atoms with Gasteiger partial charge in [0.1, 0.15) is 33.5 Å². The van der Waals surface area contributed by atoms with Crippen molar-refractivity contribution in [3.63, 3.8) is 0 Å². The molecule has 0 spiro atoms. The molecule has 0 saturated heterocycles. The average molecular weight is 1120 g/mol. The lowest BCUT2D eigenvalue weighted by Gasteiger charge is -2.45. The first-order valence-corrected chi connectivity index (χ1v) is 30.5. The van der Waals surface area contributed by atoms with Crippen molar-refractivity contribution in [1.29, 1.82) is 0 Å². The van der Waals surface area contributed by atoms with Crippen molar-refractivity contribution in [2.24, 2.45) is 0 Å². The van der Waals surface area contributed by atoms with Crippen molar-refractivity contribution in [2.75, 3.05) is 9.80 Å². The Morgan fingerprint density at radius 2 is 0.690 bits per heavy atom. The van der Waals surface area contributed by atoms with Crippen molar-refractivity contribution in [3.05, 3.63) is 248 Å². The molecule has 0 fully saturated rings. The molecule has 16 aromatic rings. The standard InChI is InChI=1S/C80H55BN2O4/c1-79(2)42-43-80(3,4)69-51(34-23-35-56(69)79)48-44-59-70-60(45-48)83(58-37-18-12-29-50(58)47-26-9-6-10-27-47)74-72(76-66(53-31-14-20-39-62(53)85-76)68-55-33-16-22-41-64(55)87-78(68)74)81(70)71-73(82(59)57-36-17-11-28-49(57)46-24-7-5-8-25-46)77-67(54-32-15-21-40-63(54)86-77)65-52-30-13-19-38-61(52)84-75(65)71/h5-41,44-45H,42-43H2,1-4H3. The van der Waals surface area contributed by atoms with E-state index in [0.717, 1.165) is 179 Å². The number of furan rings is 4.